The number of benzene rings is 1. The van der Waals surface area contributed by atoms with Crippen molar-refractivity contribution in [2.45, 2.75) is 0 Å². The number of carbonyl (C=O) groups is 3. The number of esters is 2. The summed E-state index contributed by atoms with van der Waals surface area (Å²) in [7, 11) is 2.29. The van der Waals surface area contributed by atoms with E-state index in [-0.39, 0.29) is 32.6 Å². The van der Waals surface area contributed by atoms with E-state index in [0.717, 1.165) is 20.3 Å². The van der Waals surface area contributed by atoms with Crippen LogP contribution in [0.25, 0.3) is 0 Å². The number of rotatable bonds is 4. The third-order valence-corrected chi connectivity index (χ3v) is 4.14. The van der Waals surface area contributed by atoms with E-state index in [1.807, 2.05) is 0 Å². The Balaban J connectivity index is 2.81. The van der Waals surface area contributed by atoms with Gasteiger partial charge in [-0.2, -0.15) is 0 Å². The number of ether oxygens (including phenoxy) is 2. The Morgan fingerprint density at radius 1 is 1.00 bits per heavy atom. The van der Waals surface area contributed by atoms with Gasteiger partial charge < -0.3 is 19.5 Å². The van der Waals surface area contributed by atoms with Crippen molar-refractivity contribution in [1.29, 1.82) is 0 Å². The molecule has 1 N–H and O–H groups in total. The molecule has 1 aromatic carbocycles. The molecule has 1 aliphatic heterocycles. The number of carboxylic acid groups (broad SMARTS) is 1. The Morgan fingerprint density at radius 3 is 2.19 bits per heavy atom. The number of carbonyl (C=O) groups excluding carboxylic acids is 2. The molecule has 2 rings (SSSR count). The Hall–Kier alpha value is -2.77. The maximum atomic E-state index is 12.4. The smallest absolute Gasteiger partial charge is 0.355 e. The number of nitrogens with zero attached hydrogens (tertiary/aromatic N) is 1. The number of allylic oxidation sites excluding steroid dienone is 2. The number of aromatic carboxylic acids is 1. The fourth-order valence-electron chi connectivity index (χ4n) is 2.26. The van der Waals surface area contributed by atoms with Crippen molar-refractivity contribution >= 4 is 46.8 Å². The fourth-order valence-corrected chi connectivity index (χ4v) is 2.58. The van der Waals surface area contributed by atoms with Crippen LogP contribution in [-0.4, -0.2) is 37.2 Å². The predicted molar refractivity (Wildman–Crippen MR) is 95.2 cm³/mol. The van der Waals surface area contributed by atoms with Crippen molar-refractivity contribution in [2.75, 3.05) is 19.1 Å². The quantitative estimate of drug-likeness (QED) is 0.779. The van der Waals surface area contributed by atoms with Crippen LogP contribution in [0.1, 0.15) is 10.4 Å². The third-order valence-electron chi connectivity index (χ3n) is 3.42. The summed E-state index contributed by atoms with van der Waals surface area (Å²) in [6.45, 7) is 0. The van der Waals surface area contributed by atoms with Crippen LogP contribution in [0.15, 0.2) is 47.8 Å². The molecule has 0 spiro atoms. The van der Waals surface area contributed by atoms with Crippen LogP contribution in [-0.2, 0) is 19.1 Å². The van der Waals surface area contributed by atoms with E-state index in [4.69, 9.17) is 32.7 Å². The van der Waals surface area contributed by atoms with E-state index < -0.39 is 17.9 Å². The Labute approximate surface area is 158 Å². The molecule has 0 aromatic heterocycles. The van der Waals surface area contributed by atoms with Crippen LogP contribution in [0.4, 0.5) is 5.69 Å². The molecule has 136 valence electrons. The zero-order valence-electron chi connectivity index (χ0n) is 13.7. The molecule has 0 saturated carbocycles. The van der Waals surface area contributed by atoms with Crippen LogP contribution in [0, 0.1) is 0 Å². The molecule has 0 saturated heterocycles. The van der Waals surface area contributed by atoms with Gasteiger partial charge in [-0.3, -0.25) is 0 Å². The van der Waals surface area contributed by atoms with Gasteiger partial charge in [0, 0.05) is 6.20 Å². The van der Waals surface area contributed by atoms with Crippen molar-refractivity contribution in [3.63, 3.8) is 0 Å². The van der Waals surface area contributed by atoms with Gasteiger partial charge in [0.15, 0.2) is 0 Å². The summed E-state index contributed by atoms with van der Waals surface area (Å²) in [4.78, 5) is 37.3. The number of anilines is 1. The summed E-state index contributed by atoms with van der Waals surface area (Å²) >= 11 is 11.9. The lowest BCUT2D eigenvalue weighted by atomic mass is 10.1. The molecule has 0 aliphatic carbocycles. The predicted octanol–water partition coefficient (Wildman–Crippen LogP) is 3.18. The molecule has 7 nitrogen and oxygen atoms in total. The molecular formula is C17H13Cl2NO6. The summed E-state index contributed by atoms with van der Waals surface area (Å²) in [6.07, 6.45) is 5.75. The van der Waals surface area contributed by atoms with Crippen LogP contribution in [0.5, 0.6) is 0 Å². The zero-order chi connectivity index (χ0) is 19.4. The fraction of sp³-hybridized carbons (Fsp3) is 0.118. The SMILES string of the molecule is COC(=O)C1=C(C(=O)OC)N(c2cc(Cl)c(Cl)cc2C(=O)O)C=CC=C1. The normalized spacial score (nSPS) is 13.5. The van der Waals surface area contributed by atoms with E-state index >= 15 is 0 Å². The van der Waals surface area contributed by atoms with Gasteiger partial charge in [0.2, 0.25) is 0 Å². The highest BCUT2D eigenvalue weighted by Crippen LogP contribution is 2.35. The van der Waals surface area contributed by atoms with E-state index in [1.165, 1.54) is 35.4 Å². The first-order valence-corrected chi connectivity index (χ1v) is 7.84. The lowest BCUT2D eigenvalue weighted by Gasteiger charge is -2.25. The summed E-state index contributed by atoms with van der Waals surface area (Å²) < 4.78 is 9.46. The van der Waals surface area contributed by atoms with E-state index in [2.05, 4.69) is 0 Å². The van der Waals surface area contributed by atoms with Gasteiger partial charge in [0.1, 0.15) is 5.70 Å². The molecule has 0 radical (unpaired) electrons. The molecule has 0 unspecified atom stereocenters. The van der Waals surface area contributed by atoms with Gasteiger partial charge >= 0.3 is 17.9 Å². The van der Waals surface area contributed by atoms with Gasteiger partial charge in [-0.25, -0.2) is 14.4 Å². The van der Waals surface area contributed by atoms with E-state index in [9.17, 15) is 19.5 Å². The highest BCUT2D eigenvalue weighted by atomic mass is 35.5. The number of halogens is 2. The van der Waals surface area contributed by atoms with Crippen molar-refractivity contribution in [2.24, 2.45) is 0 Å². The first kappa shape index (κ1) is 19.6. The number of hydrogen-bond donors (Lipinski definition) is 1. The highest BCUT2D eigenvalue weighted by molar-refractivity contribution is 6.42. The van der Waals surface area contributed by atoms with Crippen LogP contribution >= 0.6 is 23.2 Å². The Kier molecular flexibility index (Phi) is 6.07. The van der Waals surface area contributed by atoms with Crippen LogP contribution < -0.4 is 4.90 Å². The molecule has 0 bridgehead atoms. The van der Waals surface area contributed by atoms with E-state index in [1.54, 1.807) is 0 Å². The van der Waals surface area contributed by atoms with Gasteiger partial charge in [-0.15, -0.1) is 0 Å². The van der Waals surface area contributed by atoms with Gasteiger partial charge in [-0.1, -0.05) is 29.3 Å². The maximum absolute atomic E-state index is 12.4. The molecular weight excluding hydrogens is 385 g/mol. The standard InChI is InChI=1S/C17H13Cl2NO6/c1-25-16(23)9-5-3-4-6-20(14(9)17(24)26-2)13-8-12(19)11(18)7-10(13)15(21)22/h3-8H,1-2H3,(H,21,22). The van der Waals surface area contributed by atoms with Gasteiger partial charge in [0.25, 0.3) is 0 Å². The topological polar surface area (TPSA) is 93.1 Å². The molecule has 1 heterocycles. The van der Waals surface area contributed by atoms with E-state index in [0.29, 0.717) is 0 Å². The van der Waals surface area contributed by atoms with Crippen molar-refractivity contribution < 1.29 is 29.0 Å². The maximum Gasteiger partial charge on any atom is 0.355 e. The summed E-state index contributed by atoms with van der Waals surface area (Å²) in [6, 6.07) is 2.43. The molecule has 0 amide bonds. The van der Waals surface area contributed by atoms with Crippen molar-refractivity contribution in [3.05, 3.63) is 63.4 Å². The zero-order valence-corrected chi connectivity index (χ0v) is 15.2. The largest absolute Gasteiger partial charge is 0.478 e. The number of methoxy groups -OCH3 is 2. The molecule has 0 atom stereocenters. The average Bonchev–Trinajstić information content (AvgIpc) is 2.84. The second-order valence-corrected chi connectivity index (χ2v) is 5.72. The first-order chi connectivity index (χ1) is 12.3. The van der Waals surface area contributed by atoms with Crippen molar-refractivity contribution in [3.8, 4) is 0 Å². The number of hydrogen-bond acceptors (Lipinski definition) is 6. The first-order valence-electron chi connectivity index (χ1n) is 7.09. The van der Waals surface area contributed by atoms with Crippen molar-refractivity contribution in [1.82, 2.24) is 0 Å². The van der Waals surface area contributed by atoms with Gasteiger partial charge in [-0.05, 0) is 24.3 Å². The minimum atomic E-state index is -1.30. The monoisotopic (exact) mass is 397 g/mol. The summed E-state index contributed by atoms with van der Waals surface area (Å²) in [5.41, 5.74) is -0.553. The third kappa shape index (κ3) is 3.74. The minimum absolute atomic E-state index is 0.0219. The number of carboxylic acids is 1. The summed E-state index contributed by atoms with van der Waals surface area (Å²) in [5, 5.41) is 9.59. The molecule has 0 fully saturated rings. The molecule has 1 aliphatic rings. The molecule has 9 heteroatoms. The average molecular weight is 398 g/mol. The second kappa shape index (κ2) is 8.07. The summed E-state index contributed by atoms with van der Waals surface area (Å²) in [5.74, 6) is -2.97. The lowest BCUT2D eigenvalue weighted by Crippen LogP contribution is -2.28. The molecule has 26 heavy (non-hydrogen) atoms. The second-order valence-electron chi connectivity index (χ2n) is 4.90. The Bertz CT molecular complexity index is 872. The highest BCUT2D eigenvalue weighted by Gasteiger charge is 2.30. The lowest BCUT2D eigenvalue weighted by molar-refractivity contribution is -0.139. The Morgan fingerprint density at radius 2 is 1.62 bits per heavy atom. The minimum Gasteiger partial charge on any atom is -0.478 e. The van der Waals surface area contributed by atoms with Crippen LogP contribution in [0.3, 0.4) is 0 Å². The molecule has 1 aromatic rings. The van der Waals surface area contributed by atoms with Crippen LogP contribution in [0.2, 0.25) is 10.0 Å². The van der Waals surface area contributed by atoms with Gasteiger partial charge in [0.05, 0.1) is 41.1 Å².